The van der Waals surface area contributed by atoms with Crippen LogP contribution in [0.4, 0.5) is 0 Å². The molecule has 0 aliphatic carbocycles. The maximum atomic E-state index is 12.7. The lowest BCUT2D eigenvalue weighted by molar-refractivity contribution is 0.0538. The van der Waals surface area contributed by atoms with Crippen LogP contribution in [0.3, 0.4) is 0 Å². The Balaban J connectivity index is 1.62. The van der Waals surface area contributed by atoms with Gasteiger partial charge in [-0.3, -0.25) is 9.59 Å². The molecule has 0 saturated carbocycles. The number of nitrogens with zero attached hydrogens (tertiary/aromatic N) is 2. The fourth-order valence-corrected chi connectivity index (χ4v) is 3.64. The molecule has 1 aliphatic rings. The van der Waals surface area contributed by atoms with Gasteiger partial charge in [-0.1, -0.05) is 6.07 Å². The van der Waals surface area contributed by atoms with Gasteiger partial charge in [0.25, 0.3) is 11.8 Å². The molecule has 1 aliphatic heterocycles. The Morgan fingerprint density at radius 3 is 2.32 bits per heavy atom. The fourth-order valence-electron chi connectivity index (χ4n) is 2.95. The van der Waals surface area contributed by atoms with Gasteiger partial charge < -0.3 is 14.5 Å². The number of hydrogen-bond acceptors (Lipinski definition) is 4. The Bertz CT molecular complexity index is 750. The number of carbonyl (C=O) groups is 2. The summed E-state index contributed by atoms with van der Waals surface area (Å²) in [5.74, 6) is 0.874. The van der Waals surface area contributed by atoms with Crippen LogP contribution in [0.5, 0.6) is 5.75 Å². The summed E-state index contributed by atoms with van der Waals surface area (Å²) < 4.78 is 5.52. The van der Waals surface area contributed by atoms with E-state index in [4.69, 9.17) is 4.74 Å². The van der Waals surface area contributed by atoms with Crippen molar-refractivity contribution in [3.8, 4) is 5.75 Å². The second-order valence-electron chi connectivity index (χ2n) is 5.97. The average Bonchev–Trinajstić information content (AvgIpc) is 3.17. The van der Waals surface area contributed by atoms with Gasteiger partial charge in [-0.2, -0.15) is 0 Å². The highest BCUT2D eigenvalue weighted by molar-refractivity contribution is 7.12. The van der Waals surface area contributed by atoms with E-state index in [0.717, 1.165) is 16.2 Å². The Morgan fingerprint density at radius 1 is 1.08 bits per heavy atom. The molecule has 25 heavy (non-hydrogen) atoms. The topological polar surface area (TPSA) is 49.9 Å². The molecule has 132 valence electrons. The number of hydrogen-bond donors (Lipinski definition) is 0. The lowest BCUT2D eigenvalue weighted by Crippen LogP contribution is -2.50. The number of ether oxygens (including phenoxy) is 1. The second-order valence-corrected chi connectivity index (χ2v) is 6.92. The minimum absolute atomic E-state index is 0.00868. The summed E-state index contributed by atoms with van der Waals surface area (Å²) in [4.78, 5) is 29.5. The molecular weight excluding hydrogens is 336 g/mol. The summed E-state index contributed by atoms with van der Waals surface area (Å²) >= 11 is 1.45. The van der Waals surface area contributed by atoms with Crippen molar-refractivity contribution in [3.05, 3.63) is 51.7 Å². The maximum Gasteiger partial charge on any atom is 0.264 e. The van der Waals surface area contributed by atoms with E-state index in [1.807, 2.05) is 59.4 Å². The molecule has 3 rings (SSSR count). The Labute approximate surface area is 151 Å². The minimum Gasteiger partial charge on any atom is -0.494 e. The molecule has 6 heteroatoms. The van der Waals surface area contributed by atoms with E-state index in [1.54, 1.807) is 0 Å². The zero-order valence-corrected chi connectivity index (χ0v) is 15.3. The van der Waals surface area contributed by atoms with Crippen LogP contribution >= 0.6 is 11.3 Å². The van der Waals surface area contributed by atoms with Crippen molar-refractivity contribution < 1.29 is 14.3 Å². The van der Waals surface area contributed by atoms with Crippen molar-refractivity contribution in [3.63, 3.8) is 0 Å². The van der Waals surface area contributed by atoms with Gasteiger partial charge in [-0.15, -0.1) is 11.3 Å². The molecule has 0 atom stereocenters. The molecule has 0 radical (unpaired) electrons. The first-order valence-electron chi connectivity index (χ1n) is 8.45. The van der Waals surface area contributed by atoms with Gasteiger partial charge in [-0.05, 0) is 49.1 Å². The number of rotatable bonds is 4. The van der Waals surface area contributed by atoms with Crippen LogP contribution in [0.2, 0.25) is 0 Å². The molecule has 0 spiro atoms. The van der Waals surface area contributed by atoms with E-state index in [1.165, 1.54) is 11.3 Å². The lowest BCUT2D eigenvalue weighted by Gasteiger charge is -2.34. The van der Waals surface area contributed by atoms with E-state index in [9.17, 15) is 9.59 Å². The zero-order valence-electron chi connectivity index (χ0n) is 14.5. The average molecular weight is 358 g/mol. The van der Waals surface area contributed by atoms with Crippen LogP contribution in [0.1, 0.15) is 32.5 Å². The molecule has 0 N–H and O–H groups in total. The van der Waals surface area contributed by atoms with Crippen LogP contribution in [0.15, 0.2) is 35.7 Å². The molecule has 1 saturated heterocycles. The third-order valence-corrected chi connectivity index (χ3v) is 5.17. The van der Waals surface area contributed by atoms with Gasteiger partial charge >= 0.3 is 0 Å². The van der Waals surface area contributed by atoms with Crippen molar-refractivity contribution in [1.82, 2.24) is 9.80 Å². The first kappa shape index (κ1) is 17.5. The van der Waals surface area contributed by atoms with Crippen LogP contribution in [-0.2, 0) is 0 Å². The predicted molar refractivity (Wildman–Crippen MR) is 98.5 cm³/mol. The smallest absolute Gasteiger partial charge is 0.264 e. The van der Waals surface area contributed by atoms with Crippen LogP contribution in [0.25, 0.3) is 0 Å². The normalized spacial score (nSPS) is 14.5. The number of aryl methyl sites for hydroxylation is 1. The fraction of sp³-hybridized carbons (Fsp3) is 0.368. The Hall–Kier alpha value is -2.34. The summed E-state index contributed by atoms with van der Waals surface area (Å²) in [6.45, 7) is 6.74. The van der Waals surface area contributed by atoms with Crippen molar-refractivity contribution in [2.75, 3.05) is 32.8 Å². The molecule has 1 aromatic heterocycles. The highest BCUT2D eigenvalue weighted by atomic mass is 32.1. The van der Waals surface area contributed by atoms with Crippen molar-refractivity contribution in [2.24, 2.45) is 0 Å². The monoisotopic (exact) mass is 358 g/mol. The van der Waals surface area contributed by atoms with Gasteiger partial charge in [0.2, 0.25) is 0 Å². The number of carbonyl (C=O) groups excluding carboxylic acids is 2. The zero-order chi connectivity index (χ0) is 17.8. The summed E-state index contributed by atoms with van der Waals surface area (Å²) in [5, 5.41) is 1.90. The molecular formula is C19H22N2O3S. The molecule has 1 aromatic carbocycles. The molecule has 5 nitrogen and oxygen atoms in total. The number of benzene rings is 1. The highest BCUT2D eigenvalue weighted by Crippen LogP contribution is 2.21. The molecule has 2 aromatic rings. The number of thiophene rings is 1. The van der Waals surface area contributed by atoms with Gasteiger partial charge in [0.15, 0.2) is 0 Å². The molecule has 1 fully saturated rings. The second kappa shape index (κ2) is 7.70. The molecule has 2 amide bonds. The van der Waals surface area contributed by atoms with E-state index in [2.05, 4.69) is 0 Å². The van der Waals surface area contributed by atoms with Gasteiger partial charge in [0.1, 0.15) is 5.75 Å². The van der Waals surface area contributed by atoms with Crippen molar-refractivity contribution >= 4 is 23.2 Å². The molecule has 2 heterocycles. The minimum atomic E-state index is 0.00868. The van der Waals surface area contributed by atoms with Crippen LogP contribution in [0, 0.1) is 6.92 Å². The summed E-state index contributed by atoms with van der Waals surface area (Å²) in [5.41, 5.74) is 1.62. The number of piperazine rings is 1. The van der Waals surface area contributed by atoms with Crippen molar-refractivity contribution in [1.29, 1.82) is 0 Å². The van der Waals surface area contributed by atoms with E-state index in [0.29, 0.717) is 38.3 Å². The quantitative estimate of drug-likeness (QED) is 0.844. The summed E-state index contributed by atoms with van der Waals surface area (Å²) in [6, 6.07) is 9.25. The predicted octanol–water partition coefficient (Wildman–Crippen LogP) is 3.05. The lowest BCUT2D eigenvalue weighted by atomic mass is 10.1. The Morgan fingerprint density at radius 2 is 1.76 bits per heavy atom. The van der Waals surface area contributed by atoms with E-state index in [-0.39, 0.29) is 11.8 Å². The number of amides is 2. The third kappa shape index (κ3) is 3.85. The van der Waals surface area contributed by atoms with E-state index >= 15 is 0 Å². The Kier molecular flexibility index (Phi) is 5.38. The third-order valence-electron chi connectivity index (χ3n) is 4.31. The SMILES string of the molecule is CCOc1ccc(C(=O)N2CCN(C(=O)c3cccs3)CC2)cc1C. The largest absolute Gasteiger partial charge is 0.494 e. The van der Waals surface area contributed by atoms with Crippen molar-refractivity contribution in [2.45, 2.75) is 13.8 Å². The first-order valence-corrected chi connectivity index (χ1v) is 9.33. The van der Waals surface area contributed by atoms with Gasteiger partial charge in [0, 0.05) is 31.7 Å². The van der Waals surface area contributed by atoms with Gasteiger partial charge in [-0.25, -0.2) is 0 Å². The van der Waals surface area contributed by atoms with Gasteiger partial charge in [0.05, 0.1) is 11.5 Å². The highest BCUT2D eigenvalue weighted by Gasteiger charge is 2.26. The summed E-state index contributed by atoms with van der Waals surface area (Å²) in [6.07, 6.45) is 0. The maximum absolute atomic E-state index is 12.7. The standard InChI is InChI=1S/C19H22N2O3S/c1-3-24-16-7-6-15(13-14(16)2)18(22)20-8-10-21(11-9-20)19(23)17-5-4-12-25-17/h4-7,12-13H,3,8-11H2,1-2H3. The molecule has 0 unspecified atom stereocenters. The molecule has 0 bridgehead atoms. The van der Waals surface area contributed by atoms with Crippen LogP contribution in [-0.4, -0.2) is 54.4 Å². The van der Waals surface area contributed by atoms with E-state index < -0.39 is 0 Å². The summed E-state index contributed by atoms with van der Waals surface area (Å²) in [7, 11) is 0. The van der Waals surface area contributed by atoms with Crippen LogP contribution < -0.4 is 4.74 Å². The first-order chi connectivity index (χ1) is 12.1.